The van der Waals surface area contributed by atoms with Crippen molar-refractivity contribution in [1.82, 2.24) is 4.90 Å². The fourth-order valence-electron chi connectivity index (χ4n) is 4.51. The van der Waals surface area contributed by atoms with E-state index in [0.29, 0.717) is 37.2 Å². The average Bonchev–Trinajstić information content (AvgIpc) is 2.84. The fraction of sp³-hybridized carbons (Fsp3) is 0.222. The lowest BCUT2D eigenvalue weighted by atomic mass is 9.87. The second-order valence-electron chi connectivity index (χ2n) is 8.86. The summed E-state index contributed by atoms with van der Waals surface area (Å²) in [5, 5.41) is 0. The van der Waals surface area contributed by atoms with Crippen molar-refractivity contribution in [3.63, 3.8) is 0 Å². The molecule has 3 aromatic rings. The van der Waals surface area contributed by atoms with Crippen molar-refractivity contribution >= 4 is 27.7 Å². The van der Waals surface area contributed by atoms with Crippen LogP contribution in [0.4, 0.5) is 5.69 Å². The first kappa shape index (κ1) is 22.2. The number of carbonyl (C=O) groups excluding carboxylic acids is 1. The third-order valence-electron chi connectivity index (χ3n) is 6.33. The van der Waals surface area contributed by atoms with E-state index in [9.17, 15) is 13.2 Å². The molecule has 0 radical (unpaired) electrons. The monoisotopic (exact) mass is 474 g/mol. The number of piperidine rings is 1. The van der Waals surface area contributed by atoms with Crippen molar-refractivity contribution in [3.8, 4) is 16.9 Å². The lowest BCUT2D eigenvalue weighted by Crippen LogP contribution is -2.49. The summed E-state index contributed by atoms with van der Waals surface area (Å²) in [5.41, 5.74) is 3.96. The van der Waals surface area contributed by atoms with E-state index in [0.717, 1.165) is 23.1 Å². The highest BCUT2D eigenvalue weighted by atomic mass is 32.2. The van der Waals surface area contributed by atoms with E-state index in [2.05, 4.69) is 41.1 Å². The summed E-state index contributed by atoms with van der Waals surface area (Å²) in [4.78, 5) is 14.8. The fourth-order valence-corrected chi connectivity index (χ4v) is 5.08. The Kier molecular flexibility index (Phi) is 5.65. The number of benzene rings is 3. The second-order valence-corrected chi connectivity index (χ2v) is 10.6. The molecule has 0 saturated carbocycles. The molecule has 2 aliphatic heterocycles. The molecule has 34 heavy (non-hydrogen) atoms. The summed E-state index contributed by atoms with van der Waals surface area (Å²) in [5.74, 6) is 0.810. The molecule has 2 aliphatic rings. The van der Waals surface area contributed by atoms with E-state index in [4.69, 9.17) is 4.74 Å². The number of sulfonamides is 1. The van der Waals surface area contributed by atoms with Gasteiger partial charge in [-0.2, -0.15) is 0 Å². The van der Waals surface area contributed by atoms with Gasteiger partial charge in [0.25, 0.3) is 5.91 Å². The molecule has 0 unspecified atom stereocenters. The summed E-state index contributed by atoms with van der Waals surface area (Å²) >= 11 is 0. The van der Waals surface area contributed by atoms with Crippen LogP contribution < -0.4 is 9.46 Å². The summed E-state index contributed by atoms with van der Waals surface area (Å²) in [6.45, 7) is 1.17. The van der Waals surface area contributed by atoms with Gasteiger partial charge in [0.15, 0.2) is 0 Å². The Balaban J connectivity index is 1.24. The molecular weight excluding hydrogens is 448 g/mol. The predicted molar refractivity (Wildman–Crippen MR) is 134 cm³/mol. The zero-order chi connectivity index (χ0) is 23.8. The van der Waals surface area contributed by atoms with Crippen LogP contribution in [0.15, 0.2) is 78.9 Å². The SMILES string of the molecule is CS(=O)(=O)Nc1ccc(C(=O)N2CCC3(C=Cc4cc(-c5ccccc5)ccc4O3)CC2)cc1. The van der Waals surface area contributed by atoms with Crippen molar-refractivity contribution in [2.45, 2.75) is 18.4 Å². The van der Waals surface area contributed by atoms with Gasteiger partial charge >= 0.3 is 0 Å². The average molecular weight is 475 g/mol. The van der Waals surface area contributed by atoms with Gasteiger partial charge in [-0.25, -0.2) is 8.42 Å². The molecule has 0 atom stereocenters. The molecule has 174 valence electrons. The van der Waals surface area contributed by atoms with Crippen molar-refractivity contribution in [2.24, 2.45) is 0 Å². The molecular formula is C27H26N2O4S. The quantitative estimate of drug-likeness (QED) is 0.589. The highest BCUT2D eigenvalue weighted by Gasteiger charge is 2.38. The first-order valence-electron chi connectivity index (χ1n) is 11.3. The maximum Gasteiger partial charge on any atom is 0.253 e. The molecule has 0 bridgehead atoms. The first-order valence-corrected chi connectivity index (χ1v) is 13.1. The number of anilines is 1. The van der Waals surface area contributed by atoms with Gasteiger partial charge in [0, 0.05) is 42.7 Å². The number of nitrogens with zero attached hydrogens (tertiary/aromatic N) is 1. The summed E-state index contributed by atoms with van der Waals surface area (Å²) < 4.78 is 31.6. The number of amides is 1. The number of hydrogen-bond acceptors (Lipinski definition) is 4. The number of likely N-dealkylation sites (tertiary alicyclic amines) is 1. The van der Waals surface area contributed by atoms with Crippen molar-refractivity contribution < 1.29 is 17.9 Å². The molecule has 1 amide bonds. The Bertz CT molecular complexity index is 1340. The third-order valence-corrected chi connectivity index (χ3v) is 6.94. The Labute approximate surface area is 199 Å². The number of carbonyl (C=O) groups is 1. The molecule has 6 nitrogen and oxygen atoms in total. The van der Waals surface area contributed by atoms with Crippen LogP contribution in [0.1, 0.15) is 28.8 Å². The van der Waals surface area contributed by atoms with Gasteiger partial charge in [-0.05, 0) is 53.6 Å². The van der Waals surface area contributed by atoms with Crippen LogP contribution in [0.2, 0.25) is 0 Å². The zero-order valence-corrected chi connectivity index (χ0v) is 19.7. The minimum absolute atomic E-state index is 0.0616. The highest BCUT2D eigenvalue weighted by molar-refractivity contribution is 7.92. The molecule has 5 rings (SSSR count). The van der Waals surface area contributed by atoms with Crippen LogP contribution in [0.5, 0.6) is 5.75 Å². The maximum absolute atomic E-state index is 13.0. The molecule has 3 aromatic carbocycles. The van der Waals surface area contributed by atoms with Crippen LogP contribution in [0.3, 0.4) is 0 Å². The van der Waals surface area contributed by atoms with Crippen LogP contribution in [-0.4, -0.2) is 44.2 Å². The number of hydrogen-bond donors (Lipinski definition) is 1. The number of rotatable bonds is 4. The van der Waals surface area contributed by atoms with Crippen LogP contribution in [0.25, 0.3) is 17.2 Å². The minimum Gasteiger partial charge on any atom is -0.482 e. The highest BCUT2D eigenvalue weighted by Crippen LogP contribution is 2.39. The third kappa shape index (κ3) is 4.70. The predicted octanol–water partition coefficient (Wildman–Crippen LogP) is 4.81. The van der Waals surface area contributed by atoms with Gasteiger partial charge in [0.1, 0.15) is 11.4 Å². The van der Waals surface area contributed by atoms with Crippen LogP contribution in [-0.2, 0) is 10.0 Å². The van der Waals surface area contributed by atoms with E-state index in [1.165, 1.54) is 5.56 Å². The van der Waals surface area contributed by atoms with E-state index in [1.54, 1.807) is 24.3 Å². The minimum atomic E-state index is -3.35. The molecule has 0 aliphatic carbocycles. The van der Waals surface area contributed by atoms with Gasteiger partial charge in [-0.3, -0.25) is 9.52 Å². The largest absolute Gasteiger partial charge is 0.482 e. The summed E-state index contributed by atoms with van der Waals surface area (Å²) in [6, 6.07) is 23.0. The Morgan fingerprint density at radius 3 is 2.32 bits per heavy atom. The molecule has 1 saturated heterocycles. The van der Waals surface area contributed by atoms with Gasteiger partial charge in [0.05, 0.1) is 6.26 Å². The molecule has 1 N–H and O–H groups in total. The van der Waals surface area contributed by atoms with E-state index in [1.807, 2.05) is 29.2 Å². The molecule has 1 fully saturated rings. The molecule has 2 heterocycles. The Hall–Kier alpha value is -3.58. The molecule has 1 spiro atoms. The number of ether oxygens (including phenoxy) is 1. The smallest absolute Gasteiger partial charge is 0.253 e. The Morgan fingerprint density at radius 2 is 1.65 bits per heavy atom. The lowest BCUT2D eigenvalue weighted by molar-refractivity contribution is 0.0329. The molecule has 7 heteroatoms. The second kappa shape index (κ2) is 8.65. The maximum atomic E-state index is 13.0. The van der Waals surface area contributed by atoms with Crippen LogP contribution >= 0.6 is 0 Å². The van der Waals surface area contributed by atoms with E-state index < -0.39 is 15.6 Å². The van der Waals surface area contributed by atoms with E-state index in [-0.39, 0.29) is 5.91 Å². The normalized spacial score (nSPS) is 16.6. The van der Waals surface area contributed by atoms with Crippen molar-refractivity contribution in [1.29, 1.82) is 0 Å². The van der Waals surface area contributed by atoms with Gasteiger partial charge in [-0.1, -0.05) is 42.5 Å². The van der Waals surface area contributed by atoms with Gasteiger partial charge < -0.3 is 9.64 Å². The number of fused-ring (bicyclic) bond motifs is 1. The van der Waals surface area contributed by atoms with E-state index >= 15 is 0 Å². The van der Waals surface area contributed by atoms with Crippen molar-refractivity contribution in [2.75, 3.05) is 24.1 Å². The summed E-state index contributed by atoms with van der Waals surface area (Å²) in [7, 11) is -3.35. The van der Waals surface area contributed by atoms with Crippen molar-refractivity contribution in [3.05, 3.63) is 90.0 Å². The zero-order valence-electron chi connectivity index (χ0n) is 18.9. The number of nitrogens with one attached hydrogen (secondary N) is 1. The van der Waals surface area contributed by atoms with Gasteiger partial charge in [-0.15, -0.1) is 0 Å². The van der Waals surface area contributed by atoms with Crippen LogP contribution in [0, 0.1) is 0 Å². The first-order chi connectivity index (χ1) is 16.3. The topological polar surface area (TPSA) is 75.7 Å². The standard InChI is InChI=1S/C27H26N2O4S/c1-34(31,32)28-24-10-7-21(8-11-24)26(30)29-17-15-27(16-18-29)14-13-23-19-22(9-12-25(23)33-27)20-5-3-2-4-6-20/h2-14,19,28H,15-18H2,1H3. The summed E-state index contributed by atoms with van der Waals surface area (Å²) in [6.07, 6.45) is 6.79. The lowest BCUT2D eigenvalue weighted by Gasteiger charge is -2.42. The Morgan fingerprint density at radius 1 is 0.941 bits per heavy atom. The van der Waals surface area contributed by atoms with Gasteiger partial charge in [0.2, 0.25) is 10.0 Å². The molecule has 0 aromatic heterocycles.